The molecule has 1 aliphatic carbocycles. The number of benzene rings is 1. The van der Waals surface area contributed by atoms with Crippen LogP contribution in [-0.2, 0) is 4.79 Å². The SMILES string of the molecule is CCN(CC(=O)O)C1CC(NC(=O)Nc2cccc(-c3nc(C)co3)c2)C1. The second-order valence-corrected chi connectivity index (χ2v) is 6.75. The number of nitrogens with zero attached hydrogens (tertiary/aromatic N) is 2. The highest BCUT2D eigenvalue weighted by Gasteiger charge is 2.34. The Balaban J connectivity index is 1.50. The van der Waals surface area contributed by atoms with Gasteiger partial charge in [-0.3, -0.25) is 9.69 Å². The number of nitrogens with one attached hydrogen (secondary N) is 2. The largest absolute Gasteiger partial charge is 0.480 e. The van der Waals surface area contributed by atoms with Gasteiger partial charge in [0.15, 0.2) is 0 Å². The lowest BCUT2D eigenvalue weighted by atomic mass is 9.85. The molecule has 0 atom stereocenters. The van der Waals surface area contributed by atoms with Crippen LogP contribution in [0.25, 0.3) is 11.5 Å². The van der Waals surface area contributed by atoms with E-state index in [1.165, 1.54) is 0 Å². The van der Waals surface area contributed by atoms with Gasteiger partial charge in [-0.1, -0.05) is 13.0 Å². The Kier molecular flexibility index (Phi) is 5.75. The highest BCUT2D eigenvalue weighted by atomic mass is 16.4. The van der Waals surface area contributed by atoms with Gasteiger partial charge in [0.05, 0.1) is 12.2 Å². The third-order valence-corrected chi connectivity index (χ3v) is 4.70. The van der Waals surface area contributed by atoms with E-state index in [9.17, 15) is 9.59 Å². The number of carboxylic acid groups (broad SMARTS) is 1. The first-order chi connectivity index (χ1) is 12.9. The minimum absolute atomic E-state index is 0.0349. The summed E-state index contributed by atoms with van der Waals surface area (Å²) in [6.45, 7) is 4.51. The summed E-state index contributed by atoms with van der Waals surface area (Å²) < 4.78 is 5.39. The fraction of sp³-hybridized carbons (Fsp3) is 0.421. The van der Waals surface area contributed by atoms with E-state index in [2.05, 4.69) is 15.6 Å². The number of amides is 2. The maximum Gasteiger partial charge on any atom is 0.319 e. The minimum Gasteiger partial charge on any atom is -0.480 e. The molecule has 2 aromatic rings. The van der Waals surface area contributed by atoms with Crippen LogP contribution in [0.3, 0.4) is 0 Å². The molecule has 0 radical (unpaired) electrons. The van der Waals surface area contributed by atoms with E-state index < -0.39 is 5.97 Å². The summed E-state index contributed by atoms with van der Waals surface area (Å²) in [5.74, 6) is -0.316. The van der Waals surface area contributed by atoms with Crippen LogP contribution < -0.4 is 10.6 Å². The summed E-state index contributed by atoms with van der Waals surface area (Å²) in [6, 6.07) is 7.28. The van der Waals surface area contributed by atoms with Crippen molar-refractivity contribution in [2.45, 2.75) is 38.8 Å². The molecule has 144 valence electrons. The quantitative estimate of drug-likeness (QED) is 0.690. The van der Waals surface area contributed by atoms with Crippen LogP contribution in [0.15, 0.2) is 34.9 Å². The fourth-order valence-corrected chi connectivity index (χ4v) is 3.25. The highest BCUT2D eigenvalue weighted by Crippen LogP contribution is 2.26. The van der Waals surface area contributed by atoms with Crippen molar-refractivity contribution in [2.24, 2.45) is 0 Å². The van der Waals surface area contributed by atoms with Crippen molar-refractivity contribution in [2.75, 3.05) is 18.4 Å². The van der Waals surface area contributed by atoms with Gasteiger partial charge in [-0.05, 0) is 44.5 Å². The molecule has 1 fully saturated rings. The maximum atomic E-state index is 12.2. The first kappa shape index (κ1) is 18.9. The average Bonchev–Trinajstić information content (AvgIpc) is 3.02. The van der Waals surface area contributed by atoms with Gasteiger partial charge >= 0.3 is 12.0 Å². The van der Waals surface area contributed by atoms with Gasteiger partial charge in [-0.25, -0.2) is 9.78 Å². The first-order valence-electron chi connectivity index (χ1n) is 9.00. The number of urea groups is 1. The van der Waals surface area contributed by atoms with Crippen molar-refractivity contribution >= 4 is 17.7 Å². The molecule has 1 aromatic heterocycles. The predicted octanol–water partition coefficient (Wildman–Crippen LogP) is 2.71. The molecule has 0 bridgehead atoms. The second kappa shape index (κ2) is 8.22. The number of oxazole rings is 1. The Morgan fingerprint density at radius 1 is 1.37 bits per heavy atom. The van der Waals surface area contributed by atoms with Crippen LogP contribution in [0.2, 0.25) is 0 Å². The molecule has 1 heterocycles. The van der Waals surface area contributed by atoms with Gasteiger partial charge in [0.2, 0.25) is 5.89 Å². The number of hydrogen-bond acceptors (Lipinski definition) is 5. The molecule has 1 aromatic carbocycles. The van der Waals surface area contributed by atoms with Crippen molar-refractivity contribution in [1.29, 1.82) is 0 Å². The van der Waals surface area contributed by atoms with Crippen molar-refractivity contribution in [3.8, 4) is 11.5 Å². The summed E-state index contributed by atoms with van der Waals surface area (Å²) in [5.41, 5.74) is 2.24. The van der Waals surface area contributed by atoms with Crippen molar-refractivity contribution in [3.05, 3.63) is 36.2 Å². The smallest absolute Gasteiger partial charge is 0.319 e. The zero-order valence-corrected chi connectivity index (χ0v) is 15.4. The van der Waals surface area contributed by atoms with E-state index in [4.69, 9.17) is 9.52 Å². The third kappa shape index (κ3) is 4.85. The van der Waals surface area contributed by atoms with Crippen LogP contribution in [0, 0.1) is 6.92 Å². The van der Waals surface area contributed by atoms with Crippen LogP contribution in [0.4, 0.5) is 10.5 Å². The molecule has 3 rings (SSSR count). The van der Waals surface area contributed by atoms with Gasteiger partial charge in [0.25, 0.3) is 0 Å². The molecule has 0 unspecified atom stereocenters. The Hall–Kier alpha value is -2.87. The topological polar surface area (TPSA) is 108 Å². The van der Waals surface area contributed by atoms with E-state index in [0.717, 1.165) is 24.1 Å². The lowest BCUT2D eigenvalue weighted by molar-refractivity contribution is -0.139. The lowest BCUT2D eigenvalue weighted by Crippen LogP contribution is -2.55. The summed E-state index contributed by atoms with van der Waals surface area (Å²) in [4.78, 5) is 29.3. The highest BCUT2D eigenvalue weighted by molar-refractivity contribution is 5.90. The van der Waals surface area contributed by atoms with E-state index >= 15 is 0 Å². The number of anilines is 1. The molecule has 2 amide bonds. The van der Waals surface area contributed by atoms with Gasteiger partial charge in [-0.15, -0.1) is 0 Å². The molecule has 3 N–H and O–H groups in total. The second-order valence-electron chi connectivity index (χ2n) is 6.75. The Morgan fingerprint density at radius 3 is 2.78 bits per heavy atom. The summed E-state index contributed by atoms with van der Waals surface area (Å²) in [6.07, 6.45) is 3.09. The monoisotopic (exact) mass is 372 g/mol. The zero-order chi connectivity index (χ0) is 19.4. The molecule has 8 heteroatoms. The molecule has 0 spiro atoms. The molecule has 1 saturated carbocycles. The molecule has 0 saturated heterocycles. The summed E-state index contributed by atoms with van der Waals surface area (Å²) >= 11 is 0. The molecular formula is C19H24N4O4. The number of hydrogen-bond donors (Lipinski definition) is 3. The number of aromatic nitrogens is 1. The Morgan fingerprint density at radius 2 is 2.15 bits per heavy atom. The van der Waals surface area contributed by atoms with Gasteiger partial charge in [0.1, 0.15) is 6.26 Å². The van der Waals surface area contributed by atoms with Crippen LogP contribution >= 0.6 is 0 Å². The summed E-state index contributed by atoms with van der Waals surface area (Å²) in [7, 11) is 0. The molecule has 27 heavy (non-hydrogen) atoms. The number of aryl methyl sites for hydroxylation is 1. The molecule has 0 aliphatic heterocycles. The first-order valence-corrected chi connectivity index (χ1v) is 9.00. The van der Waals surface area contributed by atoms with E-state index in [1.807, 2.05) is 30.9 Å². The number of carbonyl (C=O) groups is 2. The third-order valence-electron chi connectivity index (χ3n) is 4.70. The molecule has 1 aliphatic rings. The number of carboxylic acids is 1. The van der Waals surface area contributed by atoms with Crippen molar-refractivity contribution in [1.82, 2.24) is 15.2 Å². The minimum atomic E-state index is -0.827. The van der Waals surface area contributed by atoms with Gasteiger partial charge in [0, 0.05) is 23.3 Å². The van der Waals surface area contributed by atoms with Gasteiger partial charge in [-0.2, -0.15) is 0 Å². The fourth-order valence-electron chi connectivity index (χ4n) is 3.25. The number of rotatable bonds is 7. The lowest BCUT2D eigenvalue weighted by Gasteiger charge is -2.42. The van der Waals surface area contributed by atoms with E-state index in [-0.39, 0.29) is 24.7 Å². The Labute approximate surface area is 157 Å². The summed E-state index contributed by atoms with van der Waals surface area (Å²) in [5, 5.41) is 14.7. The van der Waals surface area contributed by atoms with Crippen LogP contribution in [0.1, 0.15) is 25.5 Å². The van der Waals surface area contributed by atoms with E-state index in [0.29, 0.717) is 18.1 Å². The standard InChI is InChI=1S/C19H24N4O4/c1-3-23(10-17(24)25)16-8-15(9-16)22-19(26)21-14-6-4-5-13(7-14)18-20-12(2)11-27-18/h4-7,11,15-16H,3,8-10H2,1-2H3,(H,24,25)(H2,21,22,26). The normalized spacial score (nSPS) is 18.8. The van der Waals surface area contributed by atoms with Crippen LogP contribution in [0.5, 0.6) is 0 Å². The molecule has 8 nitrogen and oxygen atoms in total. The van der Waals surface area contributed by atoms with Crippen molar-refractivity contribution in [3.63, 3.8) is 0 Å². The number of carbonyl (C=O) groups excluding carboxylic acids is 1. The Bertz CT molecular complexity index is 814. The zero-order valence-electron chi connectivity index (χ0n) is 15.4. The van der Waals surface area contributed by atoms with Gasteiger partial charge < -0.3 is 20.2 Å². The van der Waals surface area contributed by atoms with Crippen molar-refractivity contribution < 1.29 is 19.1 Å². The number of likely N-dealkylation sites (N-methyl/N-ethyl adjacent to an activating group) is 1. The van der Waals surface area contributed by atoms with E-state index in [1.54, 1.807) is 18.4 Å². The number of aliphatic carboxylic acids is 1. The van der Waals surface area contributed by atoms with Crippen LogP contribution in [-0.4, -0.2) is 52.2 Å². The molecular weight excluding hydrogens is 348 g/mol. The predicted molar refractivity (Wildman–Crippen MR) is 101 cm³/mol. The average molecular weight is 372 g/mol. The maximum absolute atomic E-state index is 12.2.